The lowest BCUT2D eigenvalue weighted by Gasteiger charge is -2.07. The molecule has 0 saturated carbocycles. The fourth-order valence-corrected chi connectivity index (χ4v) is 4.02. The van der Waals surface area contributed by atoms with Gasteiger partial charge in [0.1, 0.15) is 5.15 Å². The number of aromatic nitrogens is 2. The summed E-state index contributed by atoms with van der Waals surface area (Å²) in [4.78, 5) is 10.3. The van der Waals surface area contributed by atoms with Crippen molar-refractivity contribution < 1.29 is 0 Å². The van der Waals surface area contributed by atoms with Crippen LogP contribution < -0.4 is 0 Å². The number of fused-ring (bicyclic) bond motifs is 1. The summed E-state index contributed by atoms with van der Waals surface area (Å²) in [6.45, 7) is 4.16. The molecule has 0 spiro atoms. The summed E-state index contributed by atoms with van der Waals surface area (Å²) in [5.74, 6) is 0.707. The normalized spacial score (nSPS) is 11.2. The monoisotopic (exact) mass is 366 g/mol. The smallest absolute Gasteiger partial charge is 0.171 e. The molecule has 0 N–H and O–H groups in total. The molecule has 0 saturated heterocycles. The van der Waals surface area contributed by atoms with Crippen molar-refractivity contribution in [3.8, 4) is 10.7 Å². The molecule has 2 heterocycles. The fraction of sp³-hybridized carbons (Fsp3) is 0.200. The molecule has 3 rings (SSSR count). The number of rotatable bonds is 2. The molecule has 0 bridgehead atoms. The Morgan fingerprint density at radius 1 is 1.30 bits per heavy atom. The summed E-state index contributed by atoms with van der Waals surface area (Å²) in [5, 5.41) is 3.46. The minimum absolute atomic E-state index is 0.504. The van der Waals surface area contributed by atoms with E-state index in [4.69, 9.17) is 16.6 Å². The molecule has 0 amide bonds. The Kier molecular flexibility index (Phi) is 3.80. The van der Waals surface area contributed by atoms with Gasteiger partial charge in [-0.2, -0.15) is 0 Å². The van der Waals surface area contributed by atoms with Gasteiger partial charge in [0.15, 0.2) is 5.82 Å². The van der Waals surface area contributed by atoms with E-state index >= 15 is 0 Å². The van der Waals surface area contributed by atoms with Crippen molar-refractivity contribution in [1.82, 2.24) is 9.97 Å². The zero-order valence-electron chi connectivity index (χ0n) is 11.1. The topological polar surface area (TPSA) is 25.8 Å². The van der Waals surface area contributed by atoms with E-state index in [0.717, 1.165) is 32.2 Å². The average Bonchev–Trinajstić information content (AvgIpc) is 2.88. The Morgan fingerprint density at radius 3 is 2.85 bits per heavy atom. The highest BCUT2D eigenvalue weighted by atomic mass is 79.9. The van der Waals surface area contributed by atoms with Gasteiger partial charge in [0.2, 0.25) is 0 Å². The van der Waals surface area contributed by atoms with Crippen molar-refractivity contribution >= 4 is 49.8 Å². The third-order valence-electron chi connectivity index (χ3n) is 3.18. The molecule has 0 aliphatic heterocycles. The van der Waals surface area contributed by atoms with E-state index in [0.29, 0.717) is 11.0 Å². The Hall–Kier alpha value is -0.970. The lowest BCUT2D eigenvalue weighted by atomic mass is 10.1. The van der Waals surface area contributed by atoms with E-state index < -0.39 is 0 Å². The molecule has 20 heavy (non-hydrogen) atoms. The maximum atomic E-state index is 6.35. The molecule has 1 aromatic carbocycles. The Labute approximate surface area is 135 Å². The highest BCUT2D eigenvalue weighted by molar-refractivity contribution is 9.10. The molecule has 102 valence electrons. The van der Waals surface area contributed by atoms with Gasteiger partial charge in [0.05, 0.1) is 10.4 Å². The number of hydrogen-bond donors (Lipinski definition) is 0. The Morgan fingerprint density at radius 2 is 2.10 bits per heavy atom. The van der Waals surface area contributed by atoms with Crippen molar-refractivity contribution in [2.45, 2.75) is 20.3 Å². The number of thiophene rings is 1. The van der Waals surface area contributed by atoms with Crippen LogP contribution in [0.25, 0.3) is 21.6 Å². The van der Waals surface area contributed by atoms with Gasteiger partial charge >= 0.3 is 0 Å². The van der Waals surface area contributed by atoms with Crippen LogP contribution in [-0.4, -0.2) is 9.97 Å². The number of aryl methyl sites for hydroxylation is 2. The number of halogens is 2. The van der Waals surface area contributed by atoms with Gasteiger partial charge in [-0.05, 0) is 64.0 Å². The Balaban J connectivity index is 2.30. The predicted octanol–water partition coefficient (Wildman–Crippen LogP) is 5.65. The van der Waals surface area contributed by atoms with E-state index in [1.54, 1.807) is 11.3 Å². The summed E-state index contributed by atoms with van der Waals surface area (Å²) in [7, 11) is 0. The molecule has 0 radical (unpaired) electrons. The third-order valence-corrected chi connectivity index (χ3v) is 5.03. The summed E-state index contributed by atoms with van der Waals surface area (Å²) in [6, 6.07) is 6.18. The Bertz CT molecular complexity index is 798. The summed E-state index contributed by atoms with van der Waals surface area (Å²) >= 11 is 11.6. The van der Waals surface area contributed by atoms with Gasteiger partial charge in [-0.3, -0.25) is 0 Å². The maximum absolute atomic E-state index is 6.35. The highest BCUT2D eigenvalue weighted by Gasteiger charge is 2.14. The fourth-order valence-electron chi connectivity index (χ4n) is 2.20. The van der Waals surface area contributed by atoms with E-state index in [2.05, 4.69) is 39.3 Å². The summed E-state index contributed by atoms with van der Waals surface area (Å²) < 4.78 is 0.952. The predicted molar refractivity (Wildman–Crippen MR) is 89.7 cm³/mol. The van der Waals surface area contributed by atoms with Gasteiger partial charge in [-0.15, -0.1) is 11.3 Å². The molecule has 0 unspecified atom stereocenters. The maximum Gasteiger partial charge on any atom is 0.171 e. The number of nitrogens with zero attached hydrogens (tertiary/aromatic N) is 2. The highest BCUT2D eigenvalue weighted by Crippen LogP contribution is 2.33. The second-order valence-corrected chi connectivity index (χ2v) is 6.74. The minimum Gasteiger partial charge on any atom is -0.226 e. The molecule has 0 fully saturated rings. The van der Waals surface area contributed by atoms with Gasteiger partial charge in [-0.25, -0.2) is 9.97 Å². The van der Waals surface area contributed by atoms with Crippen molar-refractivity contribution in [2.24, 2.45) is 0 Å². The van der Waals surface area contributed by atoms with Crippen LogP contribution in [0.1, 0.15) is 18.1 Å². The van der Waals surface area contributed by atoms with Gasteiger partial charge in [0, 0.05) is 9.86 Å². The van der Waals surface area contributed by atoms with Gasteiger partial charge in [-0.1, -0.05) is 18.5 Å². The lowest BCUT2D eigenvalue weighted by molar-refractivity contribution is 1.14. The standard InChI is InChI=1S/C15H12BrClN2S/c1-3-9-4-5-20-13(9)15-18-12-10(14(17)19-15)6-8(2)7-11(12)16/h4-7H,3H2,1-2H3. The van der Waals surface area contributed by atoms with Crippen LogP contribution in [0, 0.1) is 6.92 Å². The summed E-state index contributed by atoms with van der Waals surface area (Å²) in [6.07, 6.45) is 0.965. The zero-order chi connectivity index (χ0) is 14.3. The molecule has 2 aromatic heterocycles. The van der Waals surface area contributed by atoms with Crippen LogP contribution in [0.5, 0.6) is 0 Å². The van der Waals surface area contributed by atoms with E-state index in [9.17, 15) is 0 Å². The van der Waals surface area contributed by atoms with E-state index in [1.165, 1.54) is 5.56 Å². The van der Waals surface area contributed by atoms with Crippen LogP contribution in [0.3, 0.4) is 0 Å². The first-order valence-corrected chi connectivity index (χ1v) is 8.35. The van der Waals surface area contributed by atoms with Gasteiger partial charge < -0.3 is 0 Å². The first-order chi connectivity index (χ1) is 9.60. The molecule has 5 heteroatoms. The van der Waals surface area contributed by atoms with Crippen molar-refractivity contribution in [3.05, 3.63) is 44.3 Å². The molecule has 0 aliphatic carbocycles. The molecule has 0 aliphatic rings. The second-order valence-electron chi connectivity index (χ2n) is 4.61. The van der Waals surface area contributed by atoms with E-state index in [1.807, 2.05) is 19.1 Å². The van der Waals surface area contributed by atoms with Crippen LogP contribution in [0.2, 0.25) is 5.15 Å². The summed E-state index contributed by atoms with van der Waals surface area (Å²) in [5.41, 5.74) is 3.25. The zero-order valence-corrected chi connectivity index (χ0v) is 14.2. The first kappa shape index (κ1) is 14.0. The molecule has 2 nitrogen and oxygen atoms in total. The number of hydrogen-bond acceptors (Lipinski definition) is 3. The largest absolute Gasteiger partial charge is 0.226 e. The second kappa shape index (κ2) is 5.43. The molecular formula is C15H12BrClN2S. The van der Waals surface area contributed by atoms with Crippen LogP contribution >= 0.6 is 38.9 Å². The van der Waals surface area contributed by atoms with Crippen LogP contribution in [0.15, 0.2) is 28.1 Å². The van der Waals surface area contributed by atoms with Crippen LogP contribution in [0.4, 0.5) is 0 Å². The van der Waals surface area contributed by atoms with Crippen molar-refractivity contribution in [3.63, 3.8) is 0 Å². The molecule has 0 atom stereocenters. The SMILES string of the molecule is CCc1ccsc1-c1nc(Cl)c2cc(C)cc(Br)c2n1. The van der Waals surface area contributed by atoms with Crippen molar-refractivity contribution in [2.75, 3.05) is 0 Å². The quantitative estimate of drug-likeness (QED) is 0.547. The minimum atomic E-state index is 0.504. The van der Waals surface area contributed by atoms with Gasteiger partial charge in [0.25, 0.3) is 0 Å². The van der Waals surface area contributed by atoms with Crippen molar-refractivity contribution in [1.29, 1.82) is 0 Å². The van der Waals surface area contributed by atoms with E-state index in [-0.39, 0.29) is 0 Å². The first-order valence-electron chi connectivity index (χ1n) is 6.30. The molecular weight excluding hydrogens is 356 g/mol. The molecule has 3 aromatic rings. The van der Waals surface area contributed by atoms with Crippen LogP contribution in [-0.2, 0) is 6.42 Å². The third kappa shape index (κ3) is 2.36. The average molecular weight is 368 g/mol. The number of benzene rings is 1. The lowest BCUT2D eigenvalue weighted by Crippen LogP contribution is -1.94.